The minimum atomic E-state index is -0.0930. The fourth-order valence-corrected chi connectivity index (χ4v) is 8.37. The first kappa shape index (κ1) is 28.7. The first-order chi connectivity index (χ1) is 24.6. The van der Waals surface area contributed by atoms with Crippen molar-refractivity contribution in [3.8, 4) is 22.6 Å². The van der Waals surface area contributed by atoms with Crippen LogP contribution in [0.5, 0.6) is 0 Å². The zero-order valence-electron chi connectivity index (χ0n) is 28.1. The second-order valence-electron chi connectivity index (χ2n) is 13.8. The van der Waals surface area contributed by atoms with Crippen molar-refractivity contribution < 1.29 is 0 Å². The van der Waals surface area contributed by atoms with Gasteiger partial charge in [0.15, 0.2) is 0 Å². The SMILES string of the molecule is CC1(C)c2ccccc2N(c2ccc(-n3c4ccccc4c4ccc5cc(-c6ccccc6)n(-c6ccccc6)c5c43)cc2)c2ccccc21. The number of nitrogens with zero attached hydrogens (tertiary/aromatic N) is 3. The minimum Gasteiger partial charge on any atom is -0.310 e. The van der Waals surface area contributed by atoms with E-state index in [1.807, 2.05) is 0 Å². The maximum absolute atomic E-state index is 2.46. The van der Waals surface area contributed by atoms with Crippen LogP contribution < -0.4 is 4.90 Å². The lowest BCUT2D eigenvalue weighted by atomic mass is 9.73. The summed E-state index contributed by atoms with van der Waals surface area (Å²) in [6, 6.07) is 64.1. The van der Waals surface area contributed by atoms with Crippen molar-refractivity contribution >= 4 is 49.8 Å². The normalized spacial score (nSPS) is 13.5. The van der Waals surface area contributed by atoms with Gasteiger partial charge in [-0.2, -0.15) is 0 Å². The smallest absolute Gasteiger partial charge is 0.0788 e. The summed E-state index contributed by atoms with van der Waals surface area (Å²) in [6.07, 6.45) is 0. The van der Waals surface area contributed by atoms with E-state index in [0.717, 1.165) is 17.1 Å². The van der Waals surface area contributed by atoms with Gasteiger partial charge in [-0.25, -0.2) is 0 Å². The molecule has 10 rings (SSSR count). The zero-order valence-corrected chi connectivity index (χ0v) is 28.1. The average Bonchev–Trinajstić information content (AvgIpc) is 3.73. The highest BCUT2D eigenvalue weighted by molar-refractivity contribution is 6.19. The third-order valence-electron chi connectivity index (χ3n) is 10.7. The van der Waals surface area contributed by atoms with Gasteiger partial charge >= 0.3 is 0 Å². The van der Waals surface area contributed by atoms with Crippen molar-refractivity contribution in [3.05, 3.63) is 187 Å². The van der Waals surface area contributed by atoms with Crippen LogP contribution in [0.2, 0.25) is 0 Å². The maximum Gasteiger partial charge on any atom is 0.0788 e. The molecule has 0 amide bonds. The molecule has 0 spiro atoms. The van der Waals surface area contributed by atoms with Gasteiger partial charge < -0.3 is 14.0 Å². The van der Waals surface area contributed by atoms with Crippen molar-refractivity contribution in [2.75, 3.05) is 4.90 Å². The number of hydrogen-bond donors (Lipinski definition) is 0. The lowest BCUT2D eigenvalue weighted by molar-refractivity contribution is 0.632. The number of rotatable bonds is 4. The van der Waals surface area contributed by atoms with Crippen LogP contribution >= 0.6 is 0 Å². The van der Waals surface area contributed by atoms with Crippen molar-refractivity contribution in [2.45, 2.75) is 19.3 Å². The van der Waals surface area contributed by atoms with Crippen LogP contribution in [-0.4, -0.2) is 9.13 Å². The summed E-state index contributed by atoms with van der Waals surface area (Å²) in [5.41, 5.74) is 14.4. The Labute approximate surface area is 291 Å². The Bertz CT molecular complexity index is 2660. The molecule has 0 saturated carbocycles. The topological polar surface area (TPSA) is 13.1 Å². The first-order valence-corrected chi connectivity index (χ1v) is 17.4. The van der Waals surface area contributed by atoms with E-state index in [1.165, 1.54) is 66.5 Å². The molecule has 3 heteroatoms. The lowest BCUT2D eigenvalue weighted by Gasteiger charge is -2.42. The van der Waals surface area contributed by atoms with E-state index in [4.69, 9.17) is 0 Å². The van der Waals surface area contributed by atoms with Crippen LogP contribution in [-0.2, 0) is 5.41 Å². The molecule has 3 nitrogen and oxygen atoms in total. The minimum absolute atomic E-state index is 0.0930. The molecule has 3 heterocycles. The fraction of sp³-hybridized carbons (Fsp3) is 0.0638. The molecule has 2 aromatic heterocycles. The van der Waals surface area contributed by atoms with E-state index in [0.29, 0.717) is 0 Å². The molecule has 7 aromatic carbocycles. The number of aromatic nitrogens is 2. The summed E-state index contributed by atoms with van der Waals surface area (Å²) < 4.78 is 4.91. The summed E-state index contributed by atoms with van der Waals surface area (Å²) in [5.74, 6) is 0. The highest BCUT2D eigenvalue weighted by Gasteiger charge is 2.36. The molecule has 0 aliphatic carbocycles. The first-order valence-electron chi connectivity index (χ1n) is 17.4. The summed E-state index contributed by atoms with van der Waals surface area (Å²) in [7, 11) is 0. The fourth-order valence-electron chi connectivity index (χ4n) is 8.37. The van der Waals surface area contributed by atoms with Crippen LogP contribution in [0, 0.1) is 0 Å². The van der Waals surface area contributed by atoms with Gasteiger partial charge in [-0.1, -0.05) is 129 Å². The van der Waals surface area contributed by atoms with Crippen LogP contribution in [0.1, 0.15) is 25.0 Å². The summed E-state index contributed by atoms with van der Waals surface area (Å²) in [6.45, 7) is 4.67. The Hall–Kier alpha value is -6.32. The summed E-state index contributed by atoms with van der Waals surface area (Å²) in [5, 5.41) is 3.70. The molecular weight excluding hydrogens is 607 g/mol. The molecule has 0 unspecified atom stereocenters. The number of para-hydroxylation sites is 4. The molecule has 1 aliphatic heterocycles. The highest BCUT2D eigenvalue weighted by atomic mass is 15.2. The van der Waals surface area contributed by atoms with Gasteiger partial charge in [-0.3, -0.25) is 0 Å². The Kier molecular flexibility index (Phi) is 6.22. The van der Waals surface area contributed by atoms with Gasteiger partial charge in [0, 0.05) is 38.6 Å². The monoisotopic (exact) mass is 641 g/mol. The Morgan fingerprint density at radius 1 is 0.420 bits per heavy atom. The number of anilines is 3. The molecule has 50 heavy (non-hydrogen) atoms. The molecule has 0 bridgehead atoms. The van der Waals surface area contributed by atoms with Gasteiger partial charge in [-0.05, 0) is 77.4 Å². The average molecular weight is 642 g/mol. The van der Waals surface area contributed by atoms with Crippen LogP contribution in [0.4, 0.5) is 17.1 Å². The Balaban J connectivity index is 1.23. The van der Waals surface area contributed by atoms with Crippen molar-refractivity contribution in [2.24, 2.45) is 0 Å². The molecule has 0 N–H and O–H groups in total. The van der Waals surface area contributed by atoms with Crippen molar-refractivity contribution in [1.82, 2.24) is 9.13 Å². The van der Waals surface area contributed by atoms with Crippen molar-refractivity contribution in [3.63, 3.8) is 0 Å². The van der Waals surface area contributed by atoms with E-state index < -0.39 is 0 Å². The van der Waals surface area contributed by atoms with Gasteiger partial charge in [0.2, 0.25) is 0 Å². The number of fused-ring (bicyclic) bond motifs is 7. The molecule has 238 valence electrons. The third-order valence-corrected chi connectivity index (χ3v) is 10.7. The standard InChI is InChI=1S/C47H35N3/c1-47(2)39-20-10-13-23-42(39)48(43-24-14-11-21-40(43)47)35-26-28-36(29-27-35)49-41-22-12-9-19-37(41)38-30-25-33-31-44(32-15-5-3-6-16-32)50(45(33)46(38)49)34-17-7-4-8-18-34/h3-31H,1-2H3. The van der Waals surface area contributed by atoms with Gasteiger partial charge in [-0.15, -0.1) is 0 Å². The molecule has 0 saturated heterocycles. The molecular formula is C47H35N3. The van der Waals surface area contributed by atoms with E-state index in [-0.39, 0.29) is 5.41 Å². The van der Waals surface area contributed by atoms with Gasteiger partial charge in [0.25, 0.3) is 0 Å². The molecule has 1 aliphatic rings. The second kappa shape index (κ2) is 10.8. The Morgan fingerprint density at radius 2 is 0.980 bits per heavy atom. The second-order valence-corrected chi connectivity index (χ2v) is 13.8. The van der Waals surface area contributed by atoms with Crippen molar-refractivity contribution in [1.29, 1.82) is 0 Å². The van der Waals surface area contributed by atoms with Crippen LogP contribution in [0.3, 0.4) is 0 Å². The van der Waals surface area contributed by atoms with E-state index in [2.05, 4.69) is 204 Å². The van der Waals surface area contributed by atoms with E-state index in [1.54, 1.807) is 0 Å². The summed E-state index contributed by atoms with van der Waals surface area (Å²) >= 11 is 0. The van der Waals surface area contributed by atoms with Crippen LogP contribution in [0.25, 0.3) is 55.3 Å². The largest absolute Gasteiger partial charge is 0.310 e. The number of benzene rings is 7. The van der Waals surface area contributed by atoms with Crippen LogP contribution in [0.15, 0.2) is 176 Å². The number of hydrogen-bond acceptors (Lipinski definition) is 1. The molecule has 0 radical (unpaired) electrons. The van der Waals surface area contributed by atoms with Gasteiger partial charge in [0.05, 0.1) is 33.6 Å². The maximum atomic E-state index is 2.46. The third kappa shape index (κ3) is 4.10. The summed E-state index contributed by atoms with van der Waals surface area (Å²) in [4.78, 5) is 2.43. The molecule has 9 aromatic rings. The predicted octanol–water partition coefficient (Wildman–Crippen LogP) is 12.5. The Morgan fingerprint density at radius 3 is 1.68 bits per heavy atom. The lowest BCUT2D eigenvalue weighted by Crippen LogP contribution is -2.30. The zero-order chi connectivity index (χ0) is 33.4. The highest BCUT2D eigenvalue weighted by Crippen LogP contribution is 2.51. The quantitative estimate of drug-likeness (QED) is 0.186. The van der Waals surface area contributed by atoms with Gasteiger partial charge in [0.1, 0.15) is 0 Å². The van der Waals surface area contributed by atoms with E-state index >= 15 is 0 Å². The molecule has 0 atom stereocenters. The van der Waals surface area contributed by atoms with E-state index in [9.17, 15) is 0 Å². The molecule has 0 fully saturated rings. The predicted molar refractivity (Wildman–Crippen MR) is 210 cm³/mol.